The zero-order valence-electron chi connectivity index (χ0n) is 11.7. The maximum absolute atomic E-state index is 12.1. The fraction of sp³-hybridized carbons (Fsp3) is 0.438. The van der Waals surface area contributed by atoms with Crippen LogP contribution in [0.15, 0.2) is 30.3 Å². The highest BCUT2D eigenvalue weighted by Gasteiger charge is 2.19. The molecule has 0 aromatic heterocycles. The fourth-order valence-corrected chi connectivity index (χ4v) is 2.34. The summed E-state index contributed by atoms with van der Waals surface area (Å²) < 4.78 is 0. The number of nitrogens with one attached hydrogen (secondary N) is 1. The van der Waals surface area contributed by atoms with Crippen LogP contribution >= 0.6 is 0 Å². The summed E-state index contributed by atoms with van der Waals surface area (Å²) in [7, 11) is 1.99. The molecule has 0 radical (unpaired) electrons. The Hall–Kier alpha value is -1.61. The van der Waals surface area contributed by atoms with Gasteiger partial charge in [0.05, 0.1) is 0 Å². The summed E-state index contributed by atoms with van der Waals surface area (Å²) in [6.45, 7) is 3.76. The second-order valence-corrected chi connectivity index (χ2v) is 5.13. The second-order valence-electron chi connectivity index (χ2n) is 5.13. The van der Waals surface area contributed by atoms with E-state index in [1.165, 1.54) is 5.56 Å². The number of hydrogen-bond acceptors (Lipinski definition) is 2. The molecule has 0 saturated carbocycles. The summed E-state index contributed by atoms with van der Waals surface area (Å²) in [5.41, 5.74) is 2.31. The summed E-state index contributed by atoms with van der Waals surface area (Å²) in [4.78, 5) is 14.0. The fourth-order valence-electron chi connectivity index (χ4n) is 2.34. The molecule has 1 aliphatic rings. The summed E-state index contributed by atoms with van der Waals surface area (Å²) in [5, 5.41) is 3.27. The van der Waals surface area contributed by atoms with E-state index in [0.717, 1.165) is 31.5 Å². The third kappa shape index (κ3) is 3.93. The van der Waals surface area contributed by atoms with Gasteiger partial charge >= 0.3 is 0 Å². The van der Waals surface area contributed by atoms with Gasteiger partial charge in [0.1, 0.15) is 0 Å². The topological polar surface area (TPSA) is 32.3 Å². The van der Waals surface area contributed by atoms with Crippen LogP contribution in [0.3, 0.4) is 0 Å². The Morgan fingerprint density at radius 1 is 1.26 bits per heavy atom. The minimum absolute atomic E-state index is 0.120. The highest BCUT2D eigenvalue weighted by atomic mass is 16.2. The smallest absolute Gasteiger partial charge is 0.246 e. The number of rotatable bonds is 3. The van der Waals surface area contributed by atoms with Crippen LogP contribution in [0, 0.1) is 6.92 Å². The molecule has 2 rings (SSSR count). The van der Waals surface area contributed by atoms with Gasteiger partial charge in [-0.15, -0.1) is 0 Å². The van der Waals surface area contributed by atoms with Gasteiger partial charge in [0, 0.05) is 25.2 Å². The molecule has 1 heterocycles. The van der Waals surface area contributed by atoms with Crippen LogP contribution < -0.4 is 5.32 Å². The van der Waals surface area contributed by atoms with E-state index in [9.17, 15) is 4.79 Å². The number of nitrogens with zero attached hydrogens (tertiary/aromatic N) is 1. The minimum Gasteiger partial charge on any atom is -0.339 e. The SMILES string of the molecule is CNC1CCN(C(=O)/C=C/c2ccc(C)cc2)CC1. The molecule has 0 unspecified atom stereocenters. The molecule has 3 nitrogen and oxygen atoms in total. The van der Waals surface area contributed by atoms with Gasteiger partial charge in [-0.05, 0) is 38.5 Å². The molecule has 1 saturated heterocycles. The number of aryl methyl sites for hydroxylation is 1. The highest BCUT2D eigenvalue weighted by Crippen LogP contribution is 2.11. The number of piperidine rings is 1. The van der Waals surface area contributed by atoms with E-state index < -0.39 is 0 Å². The molecule has 0 aliphatic carbocycles. The Morgan fingerprint density at radius 3 is 2.47 bits per heavy atom. The van der Waals surface area contributed by atoms with Gasteiger partial charge in [-0.25, -0.2) is 0 Å². The first kappa shape index (κ1) is 13.8. The lowest BCUT2D eigenvalue weighted by molar-refractivity contribution is -0.127. The van der Waals surface area contributed by atoms with Crippen molar-refractivity contribution in [2.24, 2.45) is 0 Å². The van der Waals surface area contributed by atoms with Crippen molar-refractivity contribution < 1.29 is 4.79 Å². The zero-order valence-corrected chi connectivity index (χ0v) is 11.7. The first-order valence-electron chi connectivity index (χ1n) is 6.90. The lowest BCUT2D eigenvalue weighted by Crippen LogP contribution is -2.43. The van der Waals surface area contributed by atoms with Gasteiger partial charge in [0.15, 0.2) is 0 Å². The van der Waals surface area contributed by atoms with Gasteiger partial charge in [-0.2, -0.15) is 0 Å². The molecular weight excluding hydrogens is 236 g/mol. The van der Waals surface area contributed by atoms with Crippen LogP contribution in [0.5, 0.6) is 0 Å². The summed E-state index contributed by atoms with van der Waals surface area (Å²) in [6.07, 6.45) is 5.66. The van der Waals surface area contributed by atoms with Crippen molar-refractivity contribution in [2.45, 2.75) is 25.8 Å². The van der Waals surface area contributed by atoms with E-state index >= 15 is 0 Å². The lowest BCUT2D eigenvalue weighted by atomic mass is 10.1. The normalized spacial score (nSPS) is 17.1. The van der Waals surface area contributed by atoms with Gasteiger partial charge < -0.3 is 10.2 Å². The molecular formula is C16H22N2O. The average Bonchev–Trinajstić information content (AvgIpc) is 2.46. The van der Waals surface area contributed by atoms with Crippen molar-refractivity contribution in [3.8, 4) is 0 Å². The summed E-state index contributed by atoms with van der Waals surface area (Å²) in [5.74, 6) is 0.120. The zero-order chi connectivity index (χ0) is 13.7. The van der Waals surface area contributed by atoms with E-state index in [-0.39, 0.29) is 5.91 Å². The van der Waals surface area contributed by atoms with Crippen LogP contribution in [-0.4, -0.2) is 37.0 Å². The molecule has 1 N–H and O–H groups in total. The van der Waals surface area contributed by atoms with Crippen molar-refractivity contribution in [2.75, 3.05) is 20.1 Å². The minimum atomic E-state index is 0.120. The number of benzene rings is 1. The average molecular weight is 258 g/mol. The van der Waals surface area contributed by atoms with E-state index in [4.69, 9.17) is 0 Å². The Morgan fingerprint density at radius 2 is 1.89 bits per heavy atom. The summed E-state index contributed by atoms with van der Waals surface area (Å²) >= 11 is 0. The number of carbonyl (C=O) groups is 1. The third-order valence-corrected chi connectivity index (χ3v) is 3.71. The number of carbonyl (C=O) groups excluding carboxylic acids is 1. The third-order valence-electron chi connectivity index (χ3n) is 3.71. The predicted molar refractivity (Wildman–Crippen MR) is 78.9 cm³/mol. The molecule has 0 atom stereocenters. The molecule has 3 heteroatoms. The van der Waals surface area contributed by atoms with Crippen molar-refractivity contribution in [3.63, 3.8) is 0 Å². The van der Waals surface area contributed by atoms with Crippen LogP contribution in [-0.2, 0) is 4.79 Å². The van der Waals surface area contributed by atoms with E-state index in [0.29, 0.717) is 6.04 Å². The van der Waals surface area contributed by atoms with E-state index in [1.807, 2.05) is 30.2 Å². The monoisotopic (exact) mass is 258 g/mol. The lowest BCUT2D eigenvalue weighted by Gasteiger charge is -2.31. The predicted octanol–water partition coefficient (Wildman–Crippen LogP) is 2.22. The Bertz CT molecular complexity index is 442. The maximum Gasteiger partial charge on any atom is 0.246 e. The van der Waals surface area contributed by atoms with Gasteiger partial charge in [0.2, 0.25) is 5.91 Å². The van der Waals surface area contributed by atoms with Gasteiger partial charge in [-0.3, -0.25) is 4.79 Å². The summed E-state index contributed by atoms with van der Waals surface area (Å²) in [6, 6.07) is 8.74. The first-order valence-corrected chi connectivity index (χ1v) is 6.90. The molecule has 102 valence electrons. The molecule has 1 aromatic rings. The second kappa shape index (κ2) is 6.53. The molecule has 1 aromatic carbocycles. The van der Waals surface area contributed by atoms with Crippen LogP contribution in [0.25, 0.3) is 6.08 Å². The Labute approximate surface area is 115 Å². The first-order chi connectivity index (χ1) is 9.19. The van der Waals surface area contributed by atoms with Crippen LogP contribution in [0.1, 0.15) is 24.0 Å². The van der Waals surface area contributed by atoms with Crippen LogP contribution in [0.4, 0.5) is 0 Å². The Balaban J connectivity index is 1.89. The maximum atomic E-state index is 12.1. The number of likely N-dealkylation sites (tertiary alicyclic amines) is 1. The number of hydrogen-bond donors (Lipinski definition) is 1. The van der Waals surface area contributed by atoms with Crippen molar-refractivity contribution in [3.05, 3.63) is 41.5 Å². The standard InChI is InChI=1S/C16H22N2O/c1-13-3-5-14(6-4-13)7-8-16(19)18-11-9-15(17-2)10-12-18/h3-8,15,17H,9-12H2,1-2H3/b8-7+. The van der Waals surface area contributed by atoms with Crippen molar-refractivity contribution >= 4 is 12.0 Å². The van der Waals surface area contributed by atoms with Gasteiger partial charge in [0.25, 0.3) is 0 Å². The van der Waals surface area contributed by atoms with Gasteiger partial charge in [-0.1, -0.05) is 29.8 Å². The molecule has 1 fully saturated rings. The quantitative estimate of drug-likeness (QED) is 0.843. The van der Waals surface area contributed by atoms with E-state index in [2.05, 4.69) is 24.4 Å². The largest absolute Gasteiger partial charge is 0.339 e. The molecule has 0 spiro atoms. The molecule has 19 heavy (non-hydrogen) atoms. The van der Waals surface area contributed by atoms with Crippen LogP contribution in [0.2, 0.25) is 0 Å². The highest BCUT2D eigenvalue weighted by molar-refractivity contribution is 5.91. The Kier molecular flexibility index (Phi) is 4.74. The molecule has 1 amide bonds. The van der Waals surface area contributed by atoms with Crippen molar-refractivity contribution in [1.29, 1.82) is 0 Å². The molecule has 1 aliphatic heterocycles. The van der Waals surface area contributed by atoms with E-state index in [1.54, 1.807) is 6.08 Å². The molecule has 0 bridgehead atoms. The number of amides is 1. The van der Waals surface area contributed by atoms with Crippen molar-refractivity contribution in [1.82, 2.24) is 10.2 Å².